The zero-order valence-corrected chi connectivity index (χ0v) is 13.1. The summed E-state index contributed by atoms with van der Waals surface area (Å²) in [5.74, 6) is 0.0260. The van der Waals surface area contributed by atoms with Crippen molar-refractivity contribution in [2.75, 3.05) is 24.2 Å². The Bertz CT molecular complexity index is 595. The Kier molecular flexibility index (Phi) is 5.42. The van der Waals surface area contributed by atoms with Gasteiger partial charge in [-0.3, -0.25) is 4.79 Å². The third kappa shape index (κ3) is 4.52. The first-order chi connectivity index (χ1) is 10.6. The van der Waals surface area contributed by atoms with Crippen LogP contribution < -0.4 is 16.0 Å². The number of amides is 1. The van der Waals surface area contributed by atoms with Crippen LogP contribution >= 0.6 is 0 Å². The van der Waals surface area contributed by atoms with Gasteiger partial charge in [0.25, 0.3) is 0 Å². The maximum Gasteiger partial charge on any atom is 0.224 e. The largest absolute Gasteiger partial charge is 0.399 e. The number of benzene rings is 2. The predicted octanol–water partition coefficient (Wildman–Crippen LogP) is 2.45. The van der Waals surface area contributed by atoms with Crippen molar-refractivity contribution in [1.82, 2.24) is 5.32 Å². The number of nitrogens with two attached hydrogens (primary N) is 1. The van der Waals surface area contributed by atoms with Crippen molar-refractivity contribution in [2.45, 2.75) is 19.4 Å². The quantitative estimate of drug-likeness (QED) is 0.805. The van der Waals surface area contributed by atoms with Crippen molar-refractivity contribution < 1.29 is 4.79 Å². The Morgan fingerprint density at radius 1 is 1.14 bits per heavy atom. The number of hydrogen-bond acceptors (Lipinski definition) is 3. The zero-order valence-electron chi connectivity index (χ0n) is 13.1. The van der Waals surface area contributed by atoms with E-state index in [0.717, 1.165) is 11.3 Å². The van der Waals surface area contributed by atoms with E-state index in [4.69, 9.17) is 5.73 Å². The molecule has 0 aliphatic heterocycles. The molecule has 0 fully saturated rings. The van der Waals surface area contributed by atoms with E-state index in [9.17, 15) is 4.79 Å². The van der Waals surface area contributed by atoms with Crippen LogP contribution in [0.1, 0.15) is 12.5 Å². The lowest BCUT2D eigenvalue weighted by molar-refractivity contribution is -0.120. The number of hydrogen-bond donors (Lipinski definition) is 2. The van der Waals surface area contributed by atoms with Crippen LogP contribution in [0.25, 0.3) is 0 Å². The summed E-state index contributed by atoms with van der Waals surface area (Å²) in [6.07, 6.45) is 0.377. The zero-order chi connectivity index (χ0) is 15.9. The first kappa shape index (κ1) is 15.9. The highest BCUT2D eigenvalue weighted by Gasteiger charge is 2.11. The van der Waals surface area contributed by atoms with Gasteiger partial charge in [0.15, 0.2) is 0 Å². The number of rotatable bonds is 6. The fourth-order valence-corrected chi connectivity index (χ4v) is 2.20. The number of nitrogens with zero attached hydrogens (tertiary/aromatic N) is 1. The second-order valence-electron chi connectivity index (χ2n) is 5.52. The summed E-state index contributed by atoms with van der Waals surface area (Å²) in [4.78, 5) is 14.2. The summed E-state index contributed by atoms with van der Waals surface area (Å²) < 4.78 is 0. The molecule has 0 aliphatic rings. The van der Waals surface area contributed by atoms with E-state index in [1.165, 1.54) is 0 Å². The molecule has 0 saturated carbocycles. The van der Waals surface area contributed by atoms with Gasteiger partial charge in [-0.2, -0.15) is 0 Å². The van der Waals surface area contributed by atoms with Crippen LogP contribution in [-0.2, 0) is 11.2 Å². The van der Waals surface area contributed by atoms with E-state index in [-0.39, 0.29) is 11.9 Å². The third-order valence-electron chi connectivity index (χ3n) is 3.76. The highest BCUT2D eigenvalue weighted by molar-refractivity contribution is 5.78. The van der Waals surface area contributed by atoms with Crippen molar-refractivity contribution in [2.24, 2.45) is 0 Å². The van der Waals surface area contributed by atoms with Crippen molar-refractivity contribution >= 4 is 17.3 Å². The highest BCUT2D eigenvalue weighted by atomic mass is 16.1. The lowest BCUT2D eigenvalue weighted by atomic mass is 10.1. The monoisotopic (exact) mass is 297 g/mol. The van der Waals surface area contributed by atoms with Crippen LogP contribution in [0, 0.1) is 0 Å². The Balaban J connectivity index is 1.81. The van der Waals surface area contributed by atoms with E-state index in [1.54, 1.807) is 0 Å². The molecule has 0 radical (unpaired) electrons. The molecule has 0 saturated heterocycles. The standard InChI is InChI=1S/C18H23N3O/c1-14(21(2)17-6-4-3-5-7-17)13-20-18(22)12-15-8-10-16(19)11-9-15/h3-11,14H,12-13,19H2,1-2H3,(H,20,22). The molecule has 1 atom stereocenters. The van der Waals surface area contributed by atoms with Gasteiger partial charge in [-0.05, 0) is 36.8 Å². The molecule has 2 aromatic rings. The van der Waals surface area contributed by atoms with Crippen molar-refractivity contribution in [3.8, 4) is 0 Å². The first-order valence-electron chi connectivity index (χ1n) is 7.45. The summed E-state index contributed by atoms with van der Waals surface area (Å²) in [5, 5.41) is 2.98. The van der Waals surface area contributed by atoms with Crippen LogP contribution in [0.2, 0.25) is 0 Å². The maximum absolute atomic E-state index is 12.0. The number of para-hydroxylation sites is 1. The molecule has 0 bridgehead atoms. The molecule has 4 heteroatoms. The number of carbonyl (C=O) groups excluding carboxylic acids is 1. The van der Waals surface area contributed by atoms with Gasteiger partial charge in [-0.25, -0.2) is 0 Å². The normalized spacial score (nSPS) is 11.7. The number of anilines is 2. The molecule has 1 amide bonds. The molecule has 0 spiro atoms. The van der Waals surface area contributed by atoms with E-state index < -0.39 is 0 Å². The van der Waals surface area contributed by atoms with E-state index in [1.807, 2.05) is 49.5 Å². The minimum Gasteiger partial charge on any atom is -0.399 e. The molecule has 0 heterocycles. The Labute approximate surface area is 131 Å². The van der Waals surface area contributed by atoms with E-state index >= 15 is 0 Å². The molecule has 2 aromatic carbocycles. The third-order valence-corrected chi connectivity index (χ3v) is 3.76. The Morgan fingerprint density at radius 3 is 2.41 bits per heavy atom. The molecule has 0 aliphatic carbocycles. The number of nitrogen functional groups attached to an aromatic ring is 1. The lowest BCUT2D eigenvalue weighted by Crippen LogP contribution is -2.40. The van der Waals surface area contributed by atoms with Gasteiger partial charge < -0.3 is 16.0 Å². The average molecular weight is 297 g/mol. The van der Waals surface area contributed by atoms with E-state index in [2.05, 4.69) is 29.3 Å². The van der Waals surface area contributed by atoms with Crippen molar-refractivity contribution in [3.63, 3.8) is 0 Å². The van der Waals surface area contributed by atoms with Crippen LogP contribution in [0.4, 0.5) is 11.4 Å². The molecule has 116 valence electrons. The van der Waals surface area contributed by atoms with Crippen LogP contribution in [-0.4, -0.2) is 25.5 Å². The van der Waals surface area contributed by atoms with Gasteiger partial charge in [-0.15, -0.1) is 0 Å². The fourth-order valence-electron chi connectivity index (χ4n) is 2.20. The van der Waals surface area contributed by atoms with Crippen molar-refractivity contribution in [3.05, 3.63) is 60.2 Å². The minimum absolute atomic E-state index is 0.0260. The van der Waals surface area contributed by atoms with E-state index in [0.29, 0.717) is 18.7 Å². The number of nitrogens with one attached hydrogen (secondary N) is 1. The molecule has 22 heavy (non-hydrogen) atoms. The SMILES string of the molecule is CC(CNC(=O)Cc1ccc(N)cc1)N(C)c1ccccc1. The smallest absolute Gasteiger partial charge is 0.224 e. The number of carbonyl (C=O) groups is 1. The summed E-state index contributed by atoms with van der Waals surface area (Å²) in [6.45, 7) is 2.70. The van der Waals surface area contributed by atoms with Gasteiger partial charge in [0.1, 0.15) is 0 Å². The molecular weight excluding hydrogens is 274 g/mol. The summed E-state index contributed by atoms with van der Waals surface area (Å²) >= 11 is 0. The van der Waals surface area contributed by atoms with Gasteiger partial charge in [-0.1, -0.05) is 30.3 Å². The molecule has 2 rings (SSSR count). The van der Waals surface area contributed by atoms with Gasteiger partial charge in [0.2, 0.25) is 5.91 Å². The second kappa shape index (κ2) is 7.50. The summed E-state index contributed by atoms with van der Waals surface area (Å²) in [5.41, 5.74) is 8.46. The fraction of sp³-hybridized carbons (Fsp3) is 0.278. The minimum atomic E-state index is 0.0260. The van der Waals surface area contributed by atoms with Crippen LogP contribution in [0.5, 0.6) is 0 Å². The van der Waals surface area contributed by atoms with Gasteiger partial charge in [0.05, 0.1) is 6.42 Å². The van der Waals surface area contributed by atoms with Gasteiger partial charge >= 0.3 is 0 Å². The molecular formula is C18H23N3O. The van der Waals surface area contributed by atoms with Crippen LogP contribution in [0.15, 0.2) is 54.6 Å². The van der Waals surface area contributed by atoms with Gasteiger partial charge in [0, 0.05) is 31.0 Å². The van der Waals surface area contributed by atoms with Crippen LogP contribution in [0.3, 0.4) is 0 Å². The summed E-state index contributed by atoms with van der Waals surface area (Å²) in [7, 11) is 2.03. The Morgan fingerprint density at radius 2 is 1.77 bits per heavy atom. The summed E-state index contributed by atoms with van der Waals surface area (Å²) in [6, 6.07) is 17.8. The average Bonchev–Trinajstić information content (AvgIpc) is 2.55. The highest BCUT2D eigenvalue weighted by Crippen LogP contribution is 2.13. The topological polar surface area (TPSA) is 58.4 Å². The van der Waals surface area contributed by atoms with Crippen molar-refractivity contribution in [1.29, 1.82) is 0 Å². The number of likely N-dealkylation sites (N-methyl/N-ethyl adjacent to an activating group) is 1. The molecule has 3 N–H and O–H groups in total. The molecule has 1 unspecified atom stereocenters. The maximum atomic E-state index is 12.0. The Hall–Kier alpha value is -2.49. The predicted molar refractivity (Wildman–Crippen MR) is 91.9 cm³/mol. The first-order valence-corrected chi connectivity index (χ1v) is 7.45. The lowest BCUT2D eigenvalue weighted by Gasteiger charge is -2.27. The molecule has 4 nitrogen and oxygen atoms in total. The second-order valence-corrected chi connectivity index (χ2v) is 5.52. The molecule has 0 aromatic heterocycles.